The van der Waals surface area contributed by atoms with Gasteiger partial charge in [-0.15, -0.1) is 11.3 Å². The fourth-order valence-corrected chi connectivity index (χ4v) is 3.40. The Kier molecular flexibility index (Phi) is 5.90. The summed E-state index contributed by atoms with van der Waals surface area (Å²) in [7, 11) is 6.34. The number of hydrogen-bond acceptors (Lipinski definition) is 5. The van der Waals surface area contributed by atoms with Crippen LogP contribution in [0, 0.1) is 0 Å². The van der Waals surface area contributed by atoms with E-state index in [9.17, 15) is 4.79 Å². The number of ether oxygens (including phenoxy) is 3. The van der Waals surface area contributed by atoms with Crippen LogP contribution in [0.2, 0.25) is 0 Å². The average molecular weight is 400 g/mol. The number of rotatable bonds is 6. The fourth-order valence-electron chi connectivity index (χ4n) is 2.20. The zero-order valence-electron chi connectivity index (χ0n) is 13.4. The number of halogens is 1. The Morgan fingerprint density at radius 1 is 1.13 bits per heavy atom. The van der Waals surface area contributed by atoms with Crippen molar-refractivity contribution < 1.29 is 19.0 Å². The Hall–Kier alpha value is -1.73. The maximum atomic E-state index is 12.7. The van der Waals surface area contributed by atoms with E-state index in [1.54, 1.807) is 35.4 Å². The quantitative estimate of drug-likeness (QED) is 0.740. The van der Waals surface area contributed by atoms with Crippen LogP contribution < -0.4 is 14.2 Å². The molecule has 2 aromatic rings. The monoisotopic (exact) mass is 399 g/mol. The first kappa shape index (κ1) is 17.6. The number of methoxy groups -OCH3 is 3. The molecule has 0 aliphatic heterocycles. The minimum Gasteiger partial charge on any atom is -0.493 e. The highest BCUT2D eigenvalue weighted by atomic mass is 79.9. The summed E-state index contributed by atoms with van der Waals surface area (Å²) in [6.07, 6.45) is 0. The van der Waals surface area contributed by atoms with Crippen molar-refractivity contribution in [1.29, 1.82) is 0 Å². The van der Waals surface area contributed by atoms with Crippen LogP contribution in [-0.4, -0.2) is 39.2 Å². The van der Waals surface area contributed by atoms with Crippen LogP contribution in [0.5, 0.6) is 17.2 Å². The molecular formula is C16H18BrNO4S. The van der Waals surface area contributed by atoms with Gasteiger partial charge in [0.05, 0.1) is 25.1 Å². The summed E-state index contributed by atoms with van der Waals surface area (Å²) in [5, 5.41) is 2.02. The van der Waals surface area contributed by atoms with E-state index >= 15 is 0 Å². The second-order valence-electron chi connectivity index (χ2n) is 4.83. The van der Waals surface area contributed by atoms with Gasteiger partial charge in [0.15, 0.2) is 11.5 Å². The number of carbonyl (C=O) groups is 1. The zero-order valence-corrected chi connectivity index (χ0v) is 15.8. The van der Waals surface area contributed by atoms with Gasteiger partial charge in [0.25, 0.3) is 5.91 Å². The molecule has 0 N–H and O–H groups in total. The van der Waals surface area contributed by atoms with E-state index in [4.69, 9.17) is 14.2 Å². The number of amides is 1. The van der Waals surface area contributed by atoms with Crippen LogP contribution in [0.15, 0.2) is 27.4 Å². The highest BCUT2D eigenvalue weighted by Crippen LogP contribution is 2.38. The average Bonchev–Trinajstić information content (AvgIpc) is 2.97. The van der Waals surface area contributed by atoms with Gasteiger partial charge in [-0.3, -0.25) is 4.79 Å². The lowest BCUT2D eigenvalue weighted by molar-refractivity contribution is 0.0784. The van der Waals surface area contributed by atoms with E-state index in [2.05, 4.69) is 15.9 Å². The van der Waals surface area contributed by atoms with Gasteiger partial charge in [0.2, 0.25) is 5.75 Å². The minimum absolute atomic E-state index is 0.119. The Morgan fingerprint density at radius 2 is 1.74 bits per heavy atom. The number of carbonyl (C=O) groups excluding carboxylic acids is 1. The standard InChI is InChI=1S/C16H18BrNO4S/c1-18(8-10-5-14(17)23-9-10)16(19)11-6-12(20-2)15(22-4)13(7-11)21-3/h5-7,9H,8H2,1-4H3. The Labute approximate surface area is 147 Å². The van der Waals surface area contributed by atoms with E-state index in [1.165, 1.54) is 21.3 Å². The fraction of sp³-hybridized carbons (Fsp3) is 0.312. The Balaban J connectivity index is 2.27. The predicted molar refractivity (Wildman–Crippen MR) is 93.9 cm³/mol. The summed E-state index contributed by atoms with van der Waals surface area (Å²) in [4.78, 5) is 14.3. The highest BCUT2D eigenvalue weighted by molar-refractivity contribution is 9.11. The Morgan fingerprint density at radius 3 is 2.17 bits per heavy atom. The summed E-state index contributed by atoms with van der Waals surface area (Å²) < 4.78 is 16.9. The molecule has 0 aliphatic rings. The topological polar surface area (TPSA) is 48.0 Å². The molecule has 0 fully saturated rings. The van der Waals surface area contributed by atoms with Gasteiger partial charge in [-0.25, -0.2) is 0 Å². The first-order valence-electron chi connectivity index (χ1n) is 6.78. The molecule has 5 nitrogen and oxygen atoms in total. The molecule has 1 amide bonds. The van der Waals surface area contributed by atoms with Crippen molar-refractivity contribution in [2.45, 2.75) is 6.54 Å². The summed E-state index contributed by atoms with van der Waals surface area (Å²) >= 11 is 5.02. The molecule has 0 spiro atoms. The third-order valence-electron chi connectivity index (χ3n) is 3.30. The lowest BCUT2D eigenvalue weighted by Gasteiger charge is -2.19. The van der Waals surface area contributed by atoms with Crippen LogP contribution in [0.4, 0.5) is 0 Å². The molecule has 0 atom stereocenters. The molecule has 0 saturated carbocycles. The highest BCUT2D eigenvalue weighted by Gasteiger charge is 2.19. The largest absolute Gasteiger partial charge is 0.493 e. The van der Waals surface area contributed by atoms with Crippen LogP contribution in [0.25, 0.3) is 0 Å². The second kappa shape index (κ2) is 7.70. The number of thiophene rings is 1. The molecule has 1 heterocycles. The molecule has 23 heavy (non-hydrogen) atoms. The molecule has 124 valence electrons. The van der Waals surface area contributed by atoms with Crippen molar-refractivity contribution in [3.63, 3.8) is 0 Å². The molecule has 0 bridgehead atoms. The molecule has 0 saturated heterocycles. The van der Waals surface area contributed by atoms with Crippen LogP contribution in [0.3, 0.4) is 0 Å². The molecule has 2 rings (SSSR count). The van der Waals surface area contributed by atoms with Gasteiger partial charge in [0.1, 0.15) is 0 Å². The van der Waals surface area contributed by atoms with Crippen molar-refractivity contribution in [3.05, 3.63) is 38.5 Å². The molecule has 0 aliphatic carbocycles. The normalized spacial score (nSPS) is 10.3. The van der Waals surface area contributed by atoms with Crippen molar-refractivity contribution in [3.8, 4) is 17.2 Å². The molecule has 7 heteroatoms. The van der Waals surface area contributed by atoms with Crippen molar-refractivity contribution in [2.24, 2.45) is 0 Å². The van der Waals surface area contributed by atoms with Gasteiger partial charge >= 0.3 is 0 Å². The third-order valence-corrected chi connectivity index (χ3v) is 4.85. The SMILES string of the molecule is COc1cc(C(=O)N(C)Cc2csc(Br)c2)cc(OC)c1OC. The smallest absolute Gasteiger partial charge is 0.254 e. The van der Waals surface area contributed by atoms with E-state index in [-0.39, 0.29) is 5.91 Å². The van der Waals surface area contributed by atoms with Crippen molar-refractivity contribution >= 4 is 33.2 Å². The number of hydrogen-bond donors (Lipinski definition) is 0. The zero-order chi connectivity index (χ0) is 17.0. The number of benzene rings is 1. The minimum atomic E-state index is -0.119. The first-order valence-corrected chi connectivity index (χ1v) is 8.45. The van der Waals surface area contributed by atoms with Crippen molar-refractivity contribution in [2.75, 3.05) is 28.4 Å². The molecule has 0 unspecified atom stereocenters. The summed E-state index contributed by atoms with van der Waals surface area (Å²) in [6, 6.07) is 5.32. The van der Waals surface area contributed by atoms with E-state index in [0.29, 0.717) is 29.4 Å². The van der Waals surface area contributed by atoms with Crippen molar-refractivity contribution in [1.82, 2.24) is 4.90 Å². The van der Waals surface area contributed by atoms with E-state index in [0.717, 1.165) is 9.35 Å². The summed E-state index contributed by atoms with van der Waals surface area (Å²) in [5.74, 6) is 1.27. The van der Waals surface area contributed by atoms with Gasteiger partial charge in [0, 0.05) is 19.2 Å². The third kappa shape index (κ3) is 3.97. The molecular weight excluding hydrogens is 382 g/mol. The van der Waals surface area contributed by atoms with Crippen LogP contribution in [0.1, 0.15) is 15.9 Å². The lowest BCUT2D eigenvalue weighted by Crippen LogP contribution is -2.26. The lowest BCUT2D eigenvalue weighted by atomic mass is 10.1. The van der Waals surface area contributed by atoms with E-state index < -0.39 is 0 Å². The predicted octanol–water partition coefficient (Wildman–Crippen LogP) is 3.81. The van der Waals surface area contributed by atoms with E-state index in [1.807, 2.05) is 11.4 Å². The van der Waals surface area contributed by atoms with Gasteiger partial charge < -0.3 is 19.1 Å². The van der Waals surface area contributed by atoms with Crippen LogP contribution in [-0.2, 0) is 6.54 Å². The summed E-state index contributed by atoms with van der Waals surface area (Å²) in [5.41, 5.74) is 1.56. The second-order valence-corrected chi connectivity index (χ2v) is 7.12. The summed E-state index contributed by atoms with van der Waals surface area (Å²) in [6.45, 7) is 0.525. The van der Waals surface area contributed by atoms with Gasteiger partial charge in [-0.2, -0.15) is 0 Å². The maximum absolute atomic E-state index is 12.7. The van der Waals surface area contributed by atoms with Crippen LogP contribution >= 0.6 is 27.3 Å². The Bertz CT molecular complexity index is 676. The number of nitrogens with zero attached hydrogens (tertiary/aromatic N) is 1. The van der Waals surface area contributed by atoms with Gasteiger partial charge in [-0.1, -0.05) is 0 Å². The maximum Gasteiger partial charge on any atom is 0.254 e. The molecule has 1 aromatic carbocycles. The molecule has 1 aromatic heterocycles. The molecule has 0 radical (unpaired) electrons. The van der Waals surface area contributed by atoms with Gasteiger partial charge in [-0.05, 0) is 45.1 Å². The first-order chi connectivity index (χ1) is 11.0.